The van der Waals surface area contributed by atoms with Crippen LogP contribution in [0.25, 0.3) is 5.52 Å². The highest BCUT2D eigenvalue weighted by Gasteiger charge is 2.17. The second kappa shape index (κ2) is 5.79. The number of aromatic nitrogens is 2. The largest absolute Gasteiger partial charge is 0.345 e. The van der Waals surface area contributed by atoms with E-state index < -0.39 is 17.7 Å². The number of nitrogens with one attached hydrogen (secondary N) is 1. The average molecular weight is 315 g/mol. The van der Waals surface area contributed by atoms with Gasteiger partial charge in [0.2, 0.25) is 0 Å². The second-order valence-corrected chi connectivity index (χ2v) is 5.38. The van der Waals surface area contributed by atoms with E-state index in [0.717, 1.165) is 17.3 Å². The number of halogens is 2. The predicted octanol–water partition coefficient (Wildman–Crippen LogP) is 3.41. The number of hydrogen-bond acceptors (Lipinski definition) is 2. The molecule has 0 saturated heterocycles. The lowest BCUT2D eigenvalue weighted by molar-refractivity contribution is 0.0938. The minimum Gasteiger partial charge on any atom is -0.345 e. The van der Waals surface area contributed by atoms with Gasteiger partial charge in [-0.05, 0) is 32.0 Å². The molecule has 118 valence electrons. The number of nitrogens with zero attached hydrogens (tertiary/aromatic N) is 2. The third-order valence-electron chi connectivity index (χ3n) is 3.86. The lowest BCUT2D eigenvalue weighted by Gasteiger charge is -2.16. The van der Waals surface area contributed by atoms with Crippen molar-refractivity contribution in [1.82, 2.24) is 14.7 Å². The lowest BCUT2D eigenvalue weighted by atomic mass is 10.1. The van der Waals surface area contributed by atoms with Gasteiger partial charge in [0.15, 0.2) is 0 Å². The number of amides is 1. The molecule has 0 aliphatic heterocycles. The van der Waals surface area contributed by atoms with Crippen molar-refractivity contribution in [2.24, 2.45) is 0 Å². The molecular weight excluding hydrogens is 300 g/mol. The number of pyridine rings is 1. The highest BCUT2D eigenvalue weighted by Crippen LogP contribution is 2.19. The van der Waals surface area contributed by atoms with Crippen LogP contribution in [0.1, 0.15) is 34.6 Å². The first-order valence-corrected chi connectivity index (χ1v) is 7.15. The van der Waals surface area contributed by atoms with E-state index in [0.29, 0.717) is 5.56 Å². The van der Waals surface area contributed by atoms with Crippen LogP contribution >= 0.6 is 0 Å². The molecule has 3 rings (SSSR count). The summed E-state index contributed by atoms with van der Waals surface area (Å²) in [7, 11) is 0. The molecule has 2 aromatic heterocycles. The van der Waals surface area contributed by atoms with Crippen molar-refractivity contribution < 1.29 is 13.6 Å². The number of benzene rings is 1. The fraction of sp³-hybridized carbons (Fsp3) is 0.176. The molecule has 0 saturated carbocycles. The van der Waals surface area contributed by atoms with E-state index in [2.05, 4.69) is 10.3 Å². The zero-order valence-electron chi connectivity index (χ0n) is 12.7. The summed E-state index contributed by atoms with van der Waals surface area (Å²) in [4.78, 5) is 16.5. The van der Waals surface area contributed by atoms with E-state index in [9.17, 15) is 13.6 Å². The summed E-state index contributed by atoms with van der Waals surface area (Å²) >= 11 is 0. The molecule has 4 nitrogen and oxygen atoms in total. The minimum absolute atomic E-state index is 0.237. The number of hydrogen-bond donors (Lipinski definition) is 1. The number of imidazole rings is 1. The highest BCUT2D eigenvalue weighted by molar-refractivity contribution is 5.95. The van der Waals surface area contributed by atoms with Gasteiger partial charge >= 0.3 is 0 Å². The predicted molar refractivity (Wildman–Crippen MR) is 82.2 cm³/mol. The van der Waals surface area contributed by atoms with Crippen molar-refractivity contribution in [3.63, 3.8) is 0 Å². The van der Waals surface area contributed by atoms with Crippen LogP contribution < -0.4 is 5.32 Å². The third kappa shape index (κ3) is 2.79. The second-order valence-electron chi connectivity index (χ2n) is 5.38. The first kappa shape index (κ1) is 15.1. The monoisotopic (exact) mass is 315 g/mol. The van der Waals surface area contributed by atoms with Crippen molar-refractivity contribution in [2.75, 3.05) is 0 Å². The summed E-state index contributed by atoms with van der Waals surface area (Å²) < 4.78 is 28.6. The average Bonchev–Trinajstić information content (AvgIpc) is 2.96. The molecule has 0 aliphatic carbocycles. The van der Waals surface area contributed by atoms with Gasteiger partial charge in [-0.3, -0.25) is 4.79 Å². The standard InChI is InChI=1S/C17H15F2N3O/c1-10(14-5-3-12(18)7-16(14)19)21-17(23)15-6-4-13-8-20-9-22(13)11(15)2/h3-10H,1-2H3,(H,21,23)/t10-/m0/s1. The summed E-state index contributed by atoms with van der Waals surface area (Å²) in [5.74, 6) is -1.65. The number of rotatable bonds is 3. The quantitative estimate of drug-likeness (QED) is 0.805. The molecule has 1 aromatic carbocycles. The molecule has 0 spiro atoms. The fourth-order valence-electron chi connectivity index (χ4n) is 2.57. The zero-order valence-corrected chi connectivity index (χ0v) is 12.7. The Bertz CT molecular complexity index is 889. The zero-order chi connectivity index (χ0) is 16.6. The van der Waals surface area contributed by atoms with Gasteiger partial charge in [-0.1, -0.05) is 6.07 Å². The van der Waals surface area contributed by atoms with Crippen LogP contribution in [0, 0.1) is 18.6 Å². The topological polar surface area (TPSA) is 46.4 Å². The van der Waals surface area contributed by atoms with Crippen molar-refractivity contribution >= 4 is 11.4 Å². The Morgan fingerprint density at radius 3 is 2.78 bits per heavy atom. The lowest BCUT2D eigenvalue weighted by Crippen LogP contribution is -2.28. The van der Waals surface area contributed by atoms with Crippen LogP contribution in [0.3, 0.4) is 0 Å². The van der Waals surface area contributed by atoms with E-state index in [1.807, 2.05) is 6.92 Å². The SMILES string of the molecule is Cc1c(C(=O)N[C@@H](C)c2ccc(F)cc2F)ccc2cncn12. The molecule has 1 amide bonds. The summed E-state index contributed by atoms with van der Waals surface area (Å²) in [5.41, 5.74) is 2.34. The maximum absolute atomic E-state index is 13.8. The Morgan fingerprint density at radius 2 is 2.04 bits per heavy atom. The Hall–Kier alpha value is -2.76. The van der Waals surface area contributed by atoms with E-state index in [1.165, 1.54) is 12.1 Å². The maximum atomic E-state index is 13.8. The maximum Gasteiger partial charge on any atom is 0.253 e. The Morgan fingerprint density at radius 1 is 1.26 bits per heavy atom. The first-order chi connectivity index (χ1) is 11.0. The van der Waals surface area contributed by atoms with E-state index in [-0.39, 0.29) is 11.5 Å². The van der Waals surface area contributed by atoms with Crippen molar-refractivity contribution in [3.8, 4) is 0 Å². The summed E-state index contributed by atoms with van der Waals surface area (Å²) in [5, 5.41) is 2.74. The minimum atomic E-state index is -0.681. The van der Waals surface area contributed by atoms with Gasteiger partial charge in [-0.2, -0.15) is 0 Å². The Kier molecular flexibility index (Phi) is 3.82. The van der Waals surface area contributed by atoms with E-state index in [1.54, 1.807) is 36.0 Å². The van der Waals surface area contributed by atoms with Crippen LogP contribution in [-0.4, -0.2) is 15.3 Å². The van der Waals surface area contributed by atoms with Gasteiger partial charge in [0.1, 0.15) is 11.6 Å². The summed E-state index contributed by atoms with van der Waals surface area (Å²) in [6.45, 7) is 3.46. The number of carbonyl (C=O) groups is 1. The van der Waals surface area contributed by atoms with Crippen molar-refractivity contribution in [1.29, 1.82) is 0 Å². The molecule has 1 N–H and O–H groups in total. The Labute approximate surface area is 131 Å². The van der Waals surface area contributed by atoms with Crippen molar-refractivity contribution in [3.05, 3.63) is 71.3 Å². The molecule has 0 fully saturated rings. The van der Waals surface area contributed by atoms with Gasteiger partial charge < -0.3 is 9.72 Å². The number of fused-ring (bicyclic) bond motifs is 1. The van der Waals surface area contributed by atoms with Crippen LogP contribution in [0.5, 0.6) is 0 Å². The molecule has 0 radical (unpaired) electrons. The first-order valence-electron chi connectivity index (χ1n) is 7.15. The van der Waals surface area contributed by atoms with Crippen molar-refractivity contribution in [2.45, 2.75) is 19.9 Å². The molecule has 1 atom stereocenters. The molecule has 2 heterocycles. The third-order valence-corrected chi connectivity index (χ3v) is 3.86. The smallest absolute Gasteiger partial charge is 0.253 e. The van der Waals surface area contributed by atoms with Crippen LogP contribution in [0.2, 0.25) is 0 Å². The Balaban J connectivity index is 1.86. The van der Waals surface area contributed by atoms with Gasteiger partial charge in [-0.25, -0.2) is 13.8 Å². The molecule has 0 aliphatic rings. The molecule has 6 heteroatoms. The van der Waals surface area contributed by atoms with Crippen LogP contribution in [-0.2, 0) is 0 Å². The van der Waals surface area contributed by atoms with Crippen LogP contribution in [0.4, 0.5) is 8.78 Å². The van der Waals surface area contributed by atoms with Gasteiger partial charge in [-0.15, -0.1) is 0 Å². The molecule has 0 unspecified atom stereocenters. The van der Waals surface area contributed by atoms with Gasteiger partial charge in [0, 0.05) is 17.3 Å². The van der Waals surface area contributed by atoms with Crippen LogP contribution in [0.15, 0.2) is 42.9 Å². The summed E-state index contributed by atoms with van der Waals surface area (Å²) in [6.07, 6.45) is 3.33. The fourth-order valence-corrected chi connectivity index (χ4v) is 2.57. The van der Waals surface area contributed by atoms with Gasteiger partial charge in [0.05, 0.1) is 29.6 Å². The molecule has 0 bridgehead atoms. The molecule has 3 aromatic rings. The van der Waals surface area contributed by atoms with E-state index >= 15 is 0 Å². The highest BCUT2D eigenvalue weighted by atomic mass is 19.1. The number of aryl methyl sites for hydroxylation is 1. The van der Waals surface area contributed by atoms with E-state index in [4.69, 9.17) is 0 Å². The molecular formula is C17H15F2N3O. The number of carbonyl (C=O) groups excluding carboxylic acids is 1. The summed E-state index contributed by atoms with van der Waals surface area (Å²) in [6, 6.07) is 6.22. The van der Waals surface area contributed by atoms with Gasteiger partial charge in [0.25, 0.3) is 5.91 Å². The normalized spacial score (nSPS) is 12.3. The molecule has 23 heavy (non-hydrogen) atoms.